The number of carbonyl (C=O) groups is 3. The van der Waals surface area contributed by atoms with Gasteiger partial charge in [-0.05, 0) is 55.8 Å². The highest BCUT2D eigenvalue weighted by Gasteiger charge is 2.25. The zero-order valence-corrected chi connectivity index (χ0v) is 23.1. The van der Waals surface area contributed by atoms with Gasteiger partial charge in [-0.1, -0.05) is 17.7 Å². The first-order valence-electron chi connectivity index (χ1n) is 11.8. The highest BCUT2D eigenvalue weighted by Crippen LogP contribution is 2.28. The smallest absolute Gasteiger partial charge is 0.335 e. The van der Waals surface area contributed by atoms with E-state index < -0.39 is 23.9 Å². The minimum Gasteiger partial charge on any atom is -0.478 e. The third-order valence-electron chi connectivity index (χ3n) is 6.12. The van der Waals surface area contributed by atoms with Crippen LogP contribution in [-0.2, 0) is 24.2 Å². The SMILES string of the molecule is CC(C)N1CCc2nc(C(=O)Nc3cc(C(=O)O)ccc3CC(O)C(=O)Nc3ccc(Cl)cc3)sc2C1.Cl. The molecule has 2 aromatic carbocycles. The number of halogens is 2. The Morgan fingerprint density at radius 1 is 1.13 bits per heavy atom. The van der Waals surface area contributed by atoms with Gasteiger partial charge in [-0.15, -0.1) is 23.7 Å². The maximum Gasteiger partial charge on any atom is 0.335 e. The van der Waals surface area contributed by atoms with Gasteiger partial charge in [-0.3, -0.25) is 14.5 Å². The highest BCUT2D eigenvalue weighted by atomic mass is 35.5. The van der Waals surface area contributed by atoms with E-state index >= 15 is 0 Å². The van der Waals surface area contributed by atoms with E-state index in [0.717, 1.165) is 30.1 Å². The fraction of sp³-hybridized carbons (Fsp3) is 0.308. The fourth-order valence-electron chi connectivity index (χ4n) is 3.99. The molecule has 0 radical (unpaired) electrons. The number of carboxylic acid groups (broad SMARTS) is 1. The zero-order chi connectivity index (χ0) is 26.7. The maximum atomic E-state index is 13.1. The quantitative estimate of drug-likeness (QED) is 0.310. The molecule has 1 aliphatic rings. The number of benzene rings is 2. The lowest BCUT2D eigenvalue weighted by molar-refractivity contribution is -0.123. The van der Waals surface area contributed by atoms with Crippen molar-refractivity contribution in [2.45, 2.75) is 45.4 Å². The Hall–Kier alpha value is -3.02. The van der Waals surface area contributed by atoms with Gasteiger partial charge in [-0.2, -0.15) is 0 Å². The molecule has 3 aromatic rings. The molecular formula is C26H28Cl2N4O5S. The molecule has 1 aliphatic heterocycles. The Kier molecular flexibility index (Phi) is 9.86. The second-order valence-corrected chi connectivity index (χ2v) is 10.6. The van der Waals surface area contributed by atoms with Crippen LogP contribution in [-0.4, -0.2) is 56.6 Å². The number of anilines is 2. The van der Waals surface area contributed by atoms with Crippen molar-refractivity contribution in [1.29, 1.82) is 0 Å². The molecule has 1 unspecified atom stereocenters. The van der Waals surface area contributed by atoms with Crippen molar-refractivity contribution in [3.8, 4) is 0 Å². The lowest BCUT2D eigenvalue weighted by atomic mass is 10.0. The predicted molar refractivity (Wildman–Crippen MR) is 150 cm³/mol. The number of aliphatic hydroxyl groups is 1. The Morgan fingerprint density at radius 3 is 2.50 bits per heavy atom. The number of fused-ring (bicyclic) bond motifs is 1. The van der Waals surface area contributed by atoms with E-state index in [4.69, 9.17) is 11.6 Å². The van der Waals surface area contributed by atoms with Gasteiger partial charge >= 0.3 is 5.97 Å². The van der Waals surface area contributed by atoms with Crippen molar-refractivity contribution in [3.05, 3.63) is 74.2 Å². The van der Waals surface area contributed by atoms with Crippen LogP contribution in [0.5, 0.6) is 0 Å². The van der Waals surface area contributed by atoms with Gasteiger partial charge in [0.25, 0.3) is 11.8 Å². The van der Waals surface area contributed by atoms with Crippen molar-refractivity contribution in [2.24, 2.45) is 0 Å². The number of rotatable bonds is 8. The number of hydrogen-bond acceptors (Lipinski definition) is 7. The van der Waals surface area contributed by atoms with Crippen LogP contribution >= 0.6 is 35.3 Å². The van der Waals surface area contributed by atoms with Crippen LogP contribution in [0.15, 0.2) is 42.5 Å². The molecule has 4 rings (SSSR count). The Bertz CT molecular complexity index is 1330. The third-order valence-corrected chi connectivity index (χ3v) is 7.45. The monoisotopic (exact) mass is 578 g/mol. The van der Waals surface area contributed by atoms with E-state index in [9.17, 15) is 24.6 Å². The fourth-order valence-corrected chi connectivity index (χ4v) is 5.15. The third kappa shape index (κ3) is 7.09. The molecule has 9 nitrogen and oxygen atoms in total. The summed E-state index contributed by atoms with van der Waals surface area (Å²) < 4.78 is 0. The van der Waals surface area contributed by atoms with E-state index in [0.29, 0.717) is 22.3 Å². The summed E-state index contributed by atoms with van der Waals surface area (Å²) in [5.74, 6) is -2.29. The van der Waals surface area contributed by atoms with Crippen LogP contribution in [0.3, 0.4) is 0 Å². The van der Waals surface area contributed by atoms with E-state index in [1.54, 1.807) is 24.3 Å². The number of nitrogens with zero attached hydrogens (tertiary/aromatic N) is 2. The number of aromatic nitrogens is 1. The summed E-state index contributed by atoms with van der Waals surface area (Å²) in [7, 11) is 0. The number of aromatic carboxylic acids is 1. The Labute approximate surface area is 235 Å². The molecule has 2 amide bonds. The van der Waals surface area contributed by atoms with Crippen molar-refractivity contribution in [3.63, 3.8) is 0 Å². The predicted octanol–water partition coefficient (Wildman–Crippen LogP) is 4.48. The first kappa shape index (κ1) is 29.5. The average Bonchev–Trinajstić information content (AvgIpc) is 3.30. The second kappa shape index (κ2) is 12.7. The molecule has 0 spiro atoms. The van der Waals surface area contributed by atoms with E-state index in [1.807, 2.05) is 0 Å². The van der Waals surface area contributed by atoms with Gasteiger partial charge in [-0.25, -0.2) is 9.78 Å². The van der Waals surface area contributed by atoms with Gasteiger partial charge in [0.15, 0.2) is 5.01 Å². The molecular weight excluding hydrogens is 551 g/mol. The molecule has 0 bridgehead atoms. The highest BCUT2D eigenvalue weighted by molar-refractivity contribution is 7.13. The topological polar surface area (TPSA) is 132 Å². The van der Waals surface area contributed by atoms with Crippen LogP contribution in [0.25, 0.3) is 0 Å². The first-order valence-corrected chi connectivity index (χ1v) is 12.9. The van der Waals surface area contributed by atoms with Crippen LogP contribution in [0.4, 0.5) is 11.4 Å². The minimum atomic E-state index is -1.45. The molecule has 4 N–H and O–H groups in total. The molecule has 0 saturated heterocycles. The van der Waals surface area contributed by atoms with Crippen molar-refractivity contribution >= 4 is 64.5 Å². The average molecular weight is 580 g/mol. The first-order chi connectivity index (χ1) is 17.6. The molecule has 0 fully saturated rings. The lowest BCUT2D eigenvalue weighted by Gasteiger charge is -2.29. The van der Waals surface area contributed by atoms with E-state index in [2.05, 4.69) is 34.4 Å². The summed E-state index contributed by atoms with van der Waals surface area (Å²) >= 11 is 7.18. The number of hydrogen-bond donors (Lipinski definition) is 4. The summed E-state index contributed by atoms with van der Waals surface area (Å²) in [5, 5.41) is 26.1. The van der Waals surface area contributed by atoms with Gasteiger partial charge in [0.05, 0.1) is 11.3 Å². The molecule has 38 heavy (non-hydrogen) atoms. The summed E-state index contributed by atoms with van der Waals surface area (Å²) in [6, 6.07) is 11.0. The van der Waals surface area contributed by atoms with Gasteiger partial charge < -0.3 is 20.8 Å². The van der Waals surface area contributed by atoms with Crippen molar-refractivity contribution < 1.29 is 24.6 Å². The molecule has 0 saturated carbocycles. The Morgan fingerprint density at radius 2 is 1.84 bits per heavy atom. The maximum absolute atomic E-state index is 13.1. The minimum absolute atomic E-state index is 0. The zero-order valence-electron chi connectivity index (χ0n) is 20.7. The summed E-state index contributed by atoms with van der Waals surface area (Å²) in [6.45, 7) is 5.85. The largest absolute Gasteiger partial charge is 0.478 e. The van der Waals surface area contributed by atoms with Gasteiger partial charge in [0, 0.05) is 53.2 Å². The van der Waals surface area contributed by atoms with Crippen LogP contribution < -0.4 is 10.6 Å². The lowest BCUT2D eigenvalue weighted by Crippen LogP contribution is -2.35. The number of amides is 2. The standard InChI is InChI=1S/C26H27ClN4O5S.ClH/c1-14(2)31-10-9-19-22(13-31)37-25(30-19)24(34)29-20-11-16(26(35)36)4-3-15(20)12-21(32)23(33)28-18-7-5-17(27)6-8-18;/h3-8,11,14,21,32H,9-10,12-13H2,1-2H3,(H,28,33)(H,29,34)(H,35,36);1H. The molecule has 1 atom stereocenters. The number of carboxylic acids is 1. The van der Waals surface area contributed by atoms with E-state index in [1.165, 1.54) is 29.5 Å². The molecule has 12 heteroatoms. The summed E-state index contributed by atoms with van der Waals surface area (Å²) in [5.41, 5.74) is 1.93. The second-order valence-electron chi connectivity index (χ2n) is 9.05. The van der Waals surface area contributed by atoms with Crippen LogP contribution in [0.2, 0.25) is 5.02 Å². The normalized spacial score (nSPS) is 13.8. The molecule has 0 aliphatic carbocycles. The number of aliphatic hydroxyl groups excluding tert-OH is 1. The van der Waals surface area contributed by atoms with Crippen LogP contribution in [0.1, 0.15) is 50.1 Å². The van der Waals surface area contributed by atoms with Crippen molar-refractivity contribution in [2.75, 3.05) is 17.2 Å². The van der Waals surface area contributed by atoms with Crippen molar-refractivity contribution in [1.82, 2.24) is 9.88 Å². The Balaban J connectivity index is 0.00000400. The van der Waals surface area contributed by atoms with Gasteiger partial charge in [0.2, 0.25) is 0 Å². The molecule has 1 aromatic heterocycles. The summed E-state index contributed by atoms with van der Waals surface area (Å²) in [6.07, 6.45) is -0.838. The van der Waals surface area contributed by atoms with Gasteiger partial charge in [0.1, 0.15) is 6.10 Å². The number of carbonyl (C=O) groups excluding carboxylic acids is 2. The van der Waals surface area contributed by atoms with Crippen LogP contribution in [0, 0.1) is 0 Å². The molecule has 202 valence electrons. The number of nitrogens with one attached hydrogen (secondary N) is 2. The molecule has 2 heterocycles. The number of thiazole rings is 1. The summed E-state index contributed by atoms with van der Waals surface area (Å²) in [4.78, 5) is 45.0. The van der Waals surface area contributed by atoms with E-state index in [-0.39, 0.29) is 35.1 Å².